The second-order valence-corrected chi connectivity index (χ2v) is 9.46. The van der Waals surface area contributed by atoms with Gasteiger partial charge >= 0.3 is 24.1 Å². The number of unbranched alkanes of at least 4 members (excludes halogenated alkanes) is 1. The second kappa shape index (κ2) is 13.2. The van der Waals surface area contributed by atoms with Crippen molar-refractivity contribution in [2.75, 3.05) is 11.9 Å². The molecule has 0 aliphatic heterocycles. The third kappa shape index (κ3) is 7.22. The number of carbonyl (C=O) groups is 3. The van der Waals surface area contributed by atoms with Crippen LogP contribution in [-0.2, 0) is 22.5 Å². The van der Waals surface area contributed by atoms with E-state index in [4.69, 9.17) is 4.98 Å². The van der Waals surface area contributed by atoms with Crippen molar-refractivity contribution in [1.82, 2.24) is 14.9 Å². The van der Waals surface area contributed by atoms with Crippen molar-refractivity contribution >= 4 is 34.7 Å². The molecule has 0 saturated carbocycles. The lowest BCUT2D eigenvalue weighted by molar-refractivity contribution is -0.193. The summed E-state index contributed by atoms with van der Waals surface area (Å²) in [5.74, 6) is -3.06. The maximum atomic E-state index is 12.6. The number of carbonyl (C=O) groups excluding carboxylic acids is 3. The van der Waals surface area contributed by atoms with Gasteiger partial charge in [0.25, 0.3) is 0 Å². The number of nitrogens with zero attached hydrogens (tertiary/aromatic N) is 2. The van der Waals surface area contributed by atoms with E-state index in [0.29, 0.717) is 29.9 Å². The fraction of sp³-hybridized carbons (Fsp3) is 0.226. The van der Waals surface area contributed by atoms with E-state index in [-0.39, 0.29) is 11.6 Å². The lowest BCUT2D eigenvalue weighted by atomic mass is 9.98. The molecule has 8 nitrogen and oxygen atoms in total. The van der Waals surface area contributed by atoms with E-state index in [0.717, 1.165) is 41.7 Å². The third-order valence-electron chi connectivity index (χ3n) is 6.42. The molecule has 3 aromatic carbocycles. The first-order valence-electron chi connectivity index (χ1n) is 13.3. The van der Waals surface area contributed by atoms with Gasteiger partial charge in [-0.3, -0.25) is 0 Å². The van der Waals surface area contributed by atoms with Crippen LogP contribution in [0, 0.1) is 0 Å². The Kier molecular flexibility index (Phi) is 9.41. The number of fused-ring (bicyclic) bond motifs is 1. The van der Waals surface area contributed by atoms with Gasteiger partial charge in [-0.15, -0.1) is 6.58 Å². The van der Waals surface area contributed by atoms with Crippen molar-refractivity contribution < 1.29 is 32.3 Å². The highest BCUT2D eigenvalue weighted by molar-refractivity contribution is 6.03. The van der Waals surface area contributed by atoms with E-state index >= 15 is 0 Å². The van der Waals surface area contributed by atoms with Crippen LogP contribution in [0.15, 0.2) is 79.4 Å². The number of amides is 2. The molecule has 11 heteroatoms. The maximum absolute atomic E-state index is 12.6. The minimum Gasteiger partial charge on any atom is -0.383 e. The molecule has 0 bridgehead atoms. The van der Waals surface area contributed by atoms with E-state index in [1.165, 1.54) is 12.1 Å². The zero-order valence-corrected chi connectivity index (χ0v) is 22.8. The molecule has 2 N–H and O–H groups in total. The van der Waals surface area contributed by atoms with Crippen molar-refractivity contribution in [2.24, 2.45) is 0 Å². The average molecular weight is 579 g/mol. The molecule has 0 radical (unpaired) electrons. The molecule has 42 heavy (non-hydrogen) atoms. The van der Waals surface area contributed by atoms with Gasteiger partial charge in [0.2, 0.25) is 0 Å². The number of esters is 2. The van der Waals surface area contributed by atoms with Crippen LogP contribution in [-0.4, -0.2) is 40.2 Å². The number of aryl methyl sites for hydroxylation is 1. The molecule has 0 spiro atoms. The smallest absolute Gasteiger partial charge is 0.383 e. The van der Waals surface area contributed by atoms with Crippen LogP contribution in [0.3, 0.4) is 0 Å². The Morgan fingerprint density at radius 2 is 1.79 bits per heavy atom. The molecule has 0 saturated heterocycles. The number of urea groups is 1. The molecular formula is C31H29F3N4O4. The molecule has 0 atom stereocenters. The van der Waals surface area contributed by atoms with Crippen LogP contribution < -0.4 is 10.6 Å². The molecular weight excluding hydrogens is 549 g/mol. The highest BCUT2D eigenvalue weighted by Gasteiger charge is 2.42. The van der Waals surface area contributed by atoms with Crippen LogP contribution in [0.5, 0.6) is 0 Å². The molecule has 0 unspecified atom stereocenters. The lowest BCUT2D eigenvalue weighted by Crippen LogP contribution is -2.28. The molecule has 0 fully saturated rings. The number of benzene rings is 3. The zero-order chi connectivity index (χ0) is 30.3. The number of aromatic nitrogens is 2. The van der Waals surface area contributed by atoms with E-state index < -0.39 is 18.1 Å². The van der Waals surface area contributed by atoms with Gasteiger partial charge in [0.1, 0.15) is 5.82 Å². The Labute approximate surface area is 240 Å². The first kappa shape index (κ1) is 30.0. The first-order chi connectivity index (χ1) is 20.1. The topological polar surface area (TPSA) is 102 Å². The summed E-state index contributed by atoms with van der Waals surface area (Å²) in [6.07, 6.45) is -1.000. The minimum atomic E-state index is -5.28. The maximum Gasteiger partial charge on any atom is 0.491 e. The monoisotopic (exact) mass is 578 g/mol. The summed E-state index contributed by atoms with van der Waals surface area (Å²) in [4.78, 5) is 40.5. The molecule has 4 aromatic rings. The number of ether oxygens (including phenoxy) is 1. The van der Waals surface area contributed by atoms with E-state index in [1.807, 2.05) is 24.3 Å². The van der Waals surface area contributed by atoms with Crippen LogP contribution >= 0.6 is 0 Å². The standard InChI is InChI=1S/C31H29F3N4O4/c1-3-5-10-27-37-25-16-15-22(36-30(41)35-17-4-2)18-26(25)38(27)19-20-11-13-21(14-12-20)23-8-6-7-9-24(23)28(39)42-29(40)31(32,33)34/h4,6-9,11-16,18H,2-3,5,10,17,19H2,1H3,(H2,35,36,41). The Hall–Kier alpha value is -4.93. The van der Waals surface area contributed by atoms with Gasteiger partial charge in [0, 0.05) is 25.2 Å². The van der Waals surface area contributed by atoms with Gasteiger partial charge in [-0.2, -0.15) is 13.2 Å². The van der Waals surface area contributed by atoms with Crippen molar-refractivity contribution in [3.8, 4) is 11.1 Å². The van der Waals surface area contributed by atoms with Crippen LogP contribution in [0.2, 0.25) is 0 Å². The summed E-state index contributed by atoms with van der Waals surface area (Å²) >= 11 is 0. The third-order valence-corrected chi connectivity index (χ3v) is 6.42. The number of anilines is 1. The molecule has 1 aromatic heterocycles. The zero-order valence-electron chi connectivity index (χ0n) is 22.8. The predicted molar refractivity (Wildman–Crippen MR) is 153 cm³/mol. The van der Waals surface area contributed by atoms with E-state index in [2.05, 4.69) is 33.4 Å². The number of imidazole rings is 1. The SMILES string of the molecule is C=CCNC(=O)Nc1ccc2nc(CCCC)n(Cc3ccc(-c4ccccc4C(=O)OC(=O)C(F)(F)F)cc3)c2c1. The van der Waals surface area contributed by atoms with Crippen molar-refractivity contribution in [1.29, 1.82) is 0 Å². The largest absolute Gasteiger partial charge is 0.491 e. The number of halogens is 3. The Morgan fingerprint density at radius 1 is 1.05 bits per heavy atom. The fourth-order valence-corrected chi connectivity index (χ4v) is 4.37. The van der Waals surface area contributed by atoms with Gasteiger partial charge in [-0.1, -0.05) is 61.9 Å². The summed E-state index contributed by atoms with van der Waals surface area (Å²) in [6, 6.07) is 18.3. The van der Waals surface area contributed by atoms with Gasteiger partial charge in [0.15, 0.2) is 0 Å². The Balaban J connectivity index is 1.61. The Morgan fingerprint density at radius 3 is 2.48 bits per heavy atom. The second-order valence-electron chi connectivity index (χ2n) is 9.46. The fourth-order valence-electron chi connectivity index (χ4n) is 4.37. The molecule has 4 rings (SSSR count). The number of hydrogen-bond acceptors (Lipinski definition) is 5. The highest BCUT2D eigenvalue weighted by atomic mass is 19.4. The predicted octanol–water partition coefficient (Wildman–Crippen LogP) is 6.65. The normalized spacial score (nSPS) is 11.2. The average Bonchev–Trinajstić information content (AvgIpc) is 3.31. The summed E-state index contributed by atoms with van der Waals surface area (Å²) in [6.45, 7) is 6.49. The molecule has 0 aliphatic rings. The quantitative estimate of drug-likeness (QED) is 0.125. The van der Waals surface area contributed by atoms with E-state index in [1.54, 1.807) is 36.4 Å². The summed E-state index contributed by atoms with van der Waals surface area (Å²) < 4.78 is 44.0. The molecule has 218 valence electrons. The van der Waals surface area contributed by atoms with Crippen molar-refractivity contribution in [2.45, 2.75) is 38.9 Å². The van der Waals surface area contributed by atoms with Crippen molar-refractivity contribution in [3.05, 3.63) is 96.3 Å². The van der Waals surface area contributed by atoms with Gasteiger partial charge < -0.3 is 19.9 Å². The van der Waals surface area contributed by atoms with Crippen LogP contribution in [0.25, 0.3) is 22.2 Å². The number of nitrogens with one attached hydrogen (secondary N) is 2. The minimum absolute atomic E-state index is 0.164. The lowest BCUT2D eigenvalue weighted by Gasteiger charge is -2.13. The Bertz CT molecular complexity index is 1610. The number of rotatable bonds is 10. The summed E-state index contributed by atoms with van der Waals surface area (Å²) in [5.41, 5.74) is 3.86. The molecule has 0 aliphatic carbocycles. The van der Waals surface area contributed by atoms with Gasteiger partial charge in [-0.05, 0) is 47.4 Å². The van der Waals surface area contributed by atoms with Crippen molar-refractivity contribution in [3.63, 3.8) is 0 Å². The van der Waals surface area contributed by atoms with E-state index in [9.17, 15) is 27.6 Å². The van der Waals surface area contributed by atoms with Crippen LogP contribution in [0.4, 0.5) is 23.7 Å². The number of alkyl halides is 3. The first-order valence-corrected chi connectivity index (χ1v) is 13.3. The van der Waals surface area contributed by atoms with Crippen LogP contribution in [0.1, 0.15) is 41.5 Å². The highest BCUT2D eigenvalue weighted by Crippen LogP contribution is 2.28. The molecule has 1 heterocycles. The van der Waals surface area contributed by atoms with Gasteiger partial charge in [0.05, 0.1) is 16.6 Å². The summed E-state index contributed by atoms with van der Waals surface area (Å²) in [5, 5.41) is 5.49. The number of hydrogen-bond donors (Lipinski definition) is 2. The summed E-state index contributed by atoms with van der Waals surface area (Å²) in [7, 11) is 0. The van der Waals surface area contributed by atoms with Gasteiger partial charge in [-0.25, -0.2) is 19.4 Å². The molecule has 2 amide bonds.